The molecule has 1 unspecified atom stereocenters. The lowest BCUT2D eigenvalue weighted by Gasteiger charge is -2.28. The largest absolute Gasteiger partial charge is 0.493 e. The molecule has 2 aromatic rings. The number of halogens is 1. The monoisotopic (exact) mass is 314 g/mol. The van der Waals surface area contributed by atoms with Gasteiger partial charge in [-0.05, 0) is 38.8 Å². The number of ether oxygens (including phenoxy) is 2. The second-order valence-electron chi connectivity index (χ2n) is 5.92. The van der Waals surface area contributed by atoms with Gasteiger partial charge in [-0.25, -0.2) is 4.39 Å². The number of hydrogen-bond donors (Lipinski definition) is 0. The lowest BCUT2D eigenvalue weighted by Crippen LogP contribution is -2.19. The average Bonchev–Trinajstić information content (AvgIpc) is 2.80. The summed E-state index contributed by atoms with van der Waals surface area (Å²) in [5.74, 6) is 0.0519. The van der Waals surface area contributed by atoms with Crippen molar-refractivity contribution in [2.45, 2.75) is 33.2 Å². The van der Waals surface area contributed by atoms with E-state index < -0.39 is 5.82 Å². The first kappa shape index (κ1) is 15.4. The van der Waals surface area contributed by atoms with Gasteiger partial charge in [0.2, 0.25) is 0 Å². The van der Waals surface area contributed by atoms with Crippen molar-refractivity contribution < 1.29 is 13.9 Å². The van der Waals surface area contributed by atoms with Gasteiger partial charge in [0.15, 0.2) is 17.3 Å². The summed E-state index contributed by atoms with van der Waals surface area (Å²) in [6.45, 7) is 5.97. The van der Waals surface area contributed by atoms with Gasteiger partial charge in [-0.2, -0.15) is 5.26 Å². The summed E-state index contributed by atoms with van der Waals surface area (Å²) in [5.41, 5.74) is 4.66. The smallest absolute Gasteiger partial charge is 0.197 e. The van der Waals surface area contributed by atoms with Gasteiger partial charge in [0.25, 0.3) is 0 Å². The molecule has 0 aliphatic carbocycles. The van der Waals surface area contributed by atoms with E-state index in [0.717, 1.165) is 17.0 Å². The Morgan fingerprint density at radius 1 is 1.30 bits per heavy atom. The Labute approximate surface area is 135 Å². The van der Waals surface area contributed by atoms with E-state index in [9.17, 15) is 9.65 Å². The van der Waals surface area contributed by atoms with Crippen LogP contribution in [-0.4, -0.2) is 18.8 Å². The molecular weight excluding hydrogens is 295 g/mol. The van der Waals surface area contributed by atoms with E-state index in [1.807, 2.05) is 20.8 Å². The number of benzene rings is 1. The minimum atomic E-state index is -0.402. The number of rotatable bonds is 2. The van der Waals surface area contributed by atoms with Crippen molar-refractivity contribution in [3.05, 3.63) is 34.3 Å². The minimum Gasteiger partial charge on any atom is -0.493 e. The van der Waals surface area contributed by atoms with Crippen LogP contribution < -0.4 is 9.47 Å². The molecule has 3 rings (SSSR count). The van der Waals surface area contributed by atoms with Gasteiger partial charge < -0.3 is 14.0 Å². The van der Waals surface area contributed by atoms with Crippen molar-refractivity contribution in [3.63, 3.8) is 0 Å². The first-order valence-electron chi connectivity index (χ1n) is 7.51. The summed E-state index contributed by atoms with van der Waals surface area (Å²) in [4.78, 5) is 0. The van der Waals surface area contributed by atoms with E-state index in [1.54, 1.807) is 6.07 Å². The molecule has 0 spiro atoms. The Bertz CT molecular complexity index is 846. The van der Waals surface area contributed by atoms with Crippen LogP contribution >= 0.6 is 0 Å². The summed E-state index contributed by atoms with van der Waals surface area (Å²) < 4.78 is 27.5. The quantitative estimate of drug-likeness (QED) is 0.844. The highest BCUT2D eigenvalue weighted by Gasteiger charge is 2.32. The summed E-state index contributed by atoms with van der Waals surface area (Å²) in [7, 11) is 2.91. The summed E-state index contributed by atoms with van der Waals surface area (Å²) in [5, 5.41) is 9.58. The molecule has 23 heavy (non-hydrogen) atoms. The van der Waals surface area contributed by atoms with Crippen molar-refractivity contribution in [1.82, 2.24) is 4.57 Å². The second kappa shape index (κ2) is 5.31. The van der Waals surface area contributed by atoms with Crippen molar-refractivity contribution in [2.24, 2.45) is 0 Å². The maximum atomic E-state index is 14.9. The van der Waals surface area contributed by atoms with Gasteiger partial charge >= 0.3 is 0 Å². The topological polar surface area (TPSA) is 47.2 Å². The van der Waals surface area contributed by atoms with Crippen LogP contribution in [0.25, 0.3) is 11.3 Å². The third kappa shape index (κ3) is 1.94. The predicted octanol–water partition coefficient (Wildman–Crippen LogP) is 3.92. The normalized spacial score (nSPS) is 15.6. The van der Waals surface area contributed by atoms with Crippen LogP contribution in [0.4, 0.5) is 4.39 Å². The highest BCUT2D eigenvalue weighted by molar-refractivity contribution is 5.78. The molecule has 0 N–H and O–H groups in total. The van der Waals surface area contributed by atoms with Crippen LogP contribution in [-0.2, 0) is 6.42 Å². The number of methoxy groups -OCH3 is 2. The Balaban J connectivity index is 2.43. The minimum absolute atomic E-state index is 0.0749. The van der Waals surface area contributed by atoms with Gasteiger partial charge in [0.1, 0.15) is 6.07 Å². The Morgan fingerprint density at radius 3 is 2.57 bits per heavy atom. The molecule has 1 aromatic carbocycles. The number of hydrogen-bond acceptors (Lipinski definition) is 3. The fourth-order valence-corrected chi connectivity index (χ4v) is 3.57. The summed E-state index contributed by atoms with van der Waals surface area (Å²) in [6, 6.07) is 4.12. The van der Waals surface area contributed by atoms with Crippen molar-refractivity contribution >= 4 is 0 Å². The van der Waals surface area contributed by atoms with Gasteiger partial charge in [-0.3, -0.25) is 0 Å². The number of aromatic nitrogens is 1. The molecule has 0 saturated carbocycles. The van der Waals surface area contributed by atoms with Crippen LogP contribution in [0.1, 0.15) is 35.3 Å². The first-order valence-corrected chi connectivity index (χ1v) is 7.51. The van der Waals surface area contributed by atoms with Gasteiger partial charge in [0, 0.05) is 22.9 Å². The van der Waals surface area contributed by atoms with E-state index in [2.05, 4.69) is 10.6 Å². The third-order valence-electron chi connectivity index (χ3n) is 4.78. The Morgan fingerprint density at radius 2 is 2.00 bits per heavy atom. The third-order valence-corrected chi connectivity index (χ3v) is 4.78. The predicted molar refractivity (Wildman–Crippen MR) is 85.5 cm³/mol. The molecule has 2 heterocycles. The molecule has 120 valence electrons. The number of nitriles is 1. The second-order valence-corrected chi connectivity index (χ2v) is 5.92. The van der Waals surface area contributed by atoms with E-state index in [1.165, 1.54) is 14.2 Å². The highest BCUT2D eigenvalue weighted by Crippen LogP contribution is 2.46. The molecule has 0 saturated heterocycles. The summed E-state index contributed by atoms with van der Waals surface area (Å²) >= 11 is 0. The lowest BCUT2D eigenvalue weighted by molar-refractivity contribution is 0.334. The number of nitrogens with zero attached hydrogens (tertiary/aromatic N) is 2. The molecule has 0 radical (unpaired) electrons. The van der Waals surface area contributed by atoms with Crippen LogP contribution in [0.5, 0.6) is 11.5 Å². The molecular formula is C18H19FN2O2. The van der Waals surface area contributed by atoms with E-state index in [4.69, 9.17) is 9.47 Å². The fourth-order valence-electron chi connectivity index (χ4n) is 3.57. The first-order chi connectivity index (χ1) is 11.0. The maximum absolute atomic E-state index is 14.9. The van der Waals surface area contributed by atoms with Gasteiger partial charge in [-0.1, -0.05) is 0 Å². The van der Waals surface area contributed by atoms with E-state index in [-0.39, 0.29) is 11.8 Å². The lowest BCUT2D eigenvalue weighted by atomic mass is 9.91. The molecule has 1 aromatic heterocycles. The van der Waals surface area contributed by atoms with Crippen LogP contribution in [0.15, 0.2) is 6.07 Å². The molecule has 0 fully saturated rings. The zero-order valence-corrected chi connectivity index (χ0v) is 14.0. The average molecular weight is 314 g/mol. The van der Waals surface area contributed by atoms with E-state index >= 15 is 0 Å². The summed E-state index contributed by atoms with van der Waals surface area (Å²) in [6.07, 6.45) is 0.550. The zero-order chi connectivity index (χ0) is 16.9. The SMILES string of the molecule is COc1cc2c(c(F)c1OC)CC(C)n1c(C)c(C)c(C#N)c1-2. The maximum Gasteiger partial charge on any atom is 0.197 e. The van der Waals surface area contributed by atoms with Gasteiger partial charge in [0.05, 0.1) is 25.5 Å². The standard InChI is InChI=1S/C18H19FN2O2/c1-9-6-12-13(7-15(22-4)18(23-5)16(12)19)17-14(8-20)10(2)11(3)21(9)17/h7,9H,6H2,1-5H3. The molecule has 0 bridgehead atoms. The fraction of sp³-hybridized carbons (Fsp3) is 0.389. The molecule has 5 heteroatoms. The molecule has 1 aliphatic heterocycles. The van der Waals surface area contributed by atoms with Crippen LogP contribution in [0, 0.1) is 31.0 Å². The van der Waals surface area contributed by atoms with E-state index in [0.29, 0.717) is 28.9 Å². The zero-order valence-electron chi connectivity index (χ0n) is 14.0. The van der Waals surface area contributed by atoms with Crippen molar-refractivity contribution in [1.29, 1.82) is 5.26 Å². The Hall–Kier alpha value is -2.48. The van der Waals surface area contributed by atoms with Crippen LogP contribution in [0.3, 0.4) is 0 Å². The van der Waals surface area contributed by atoms with Gasteiger partial charge in [-0.15, -0.1) is 0 Å². The van der Waals surface area contributed by atoms with Crippen molar-refractivity contribution in [3.8, 4) is 28.8 Å². The number of fused-ring (bicyclic) bond motifs is 3. The molecule has 1 atom stereocenters. The van der Waals surface area contributed by atoms with Crippen molar-refractivity contribution in [2.75, 3.05) is 14.2 Å². The molecule has 4 nitrogen and oxygen atoms in total. The molecule has 0 amide bonds. The Kier molecular flexibility index (Phi) is 3.56. The highest BCUT2D eigenvalue weighted by atomic mass is 19.1. The van der Waals surface area contributed by atoms with Crippen LogP contribution in [0.2, 0.25) is 0 Å². The molecule has 1 aliphatic rings.